The zero-order valence-corrected chi connectivity index (χ0v) is 13.9. The quantitative estimate of drug-likeness (QED) is 0.685. The number of piperidine rings is 1. The smallest absolute Gasteiger partial charge is 0.221 e. The van der Waals surface area contributed by atoms with Gasteiger partial charge in [-0.3, -0.25) is 4.79 Å². The van der Waals surface area contributed by atoms with Crippen molar-refractivity contribution < 1.29 is 14.3 Å². The van der Waals surface area contributed by atoms with Gasteiger partial charge in [0.2, 0.25) is 5.91 Å². The highest BCUT2D eigenvalue weighted by Crippen LogP contribution is 2.14. The predicted octanol–water partition coefficient (Wildman–Crippen LogP) is 1.71. The van der Waals surface area contributed by atoms with E-state index >= 15 is 0 Å². The first-order valence-corrected chi connectivity index (χ1v) is 8.31. The molecule has 0 aliphatic carbocycles. The fourth-order valence-corrected chi connectivity index (χ4v) is 3.13. The van der Waals surface area contributed by atoms with Crippen molar-refractivity contribution in [3.63, 3.8) is 0 Å². The van der Waals surface area contributed by atoms with E-state index < -0.39 is 6.10 Å². The Morgan fingerprint density at radius 1 is 1.41 bits per heavy atom. The molecule has 7 heteroatoms. The van der Waals surface area contributed by atoms with E-state index in [0.29, 0.717) is 18.7 Å². The van der Waals surface area contributed by atoms with Crippen molar-refractivity contribution >= 4 is 30.1 Å². The molecule has 0 bridgehead atoms. The number of thioether (sulfide) groups is 1. The zero-order valence-electron chi connectivity index (χ0n) is 12.3. The number of aliphatic hydroxyl groups is 1. The summed E-state index contributed by atoms with van der Waals surface area (Å²) in [5, 5.41) is 15.7. The second-order valence-electron chi connectivity index (χ2n) is 5.16. The fraction of sp³-hybridized carbons (Fsp3) is 0.533. The summed E-state index contributed by atoms with van der Waals surface area (Å²) < 4.78 is 12.8. The van der Waals surface area contributed by atoms with E-state index in [1.165, 1.54) is 12.1 Å². The highest BCUT2D eigenvalue weighted by molar-refractivity contribution is 7.98. The van der Waals surface area contributed by atoms with Crippen LogP contribution in [-0.2, 0) is 10.5 Å². The van der Waals surface area contributed by atoms with Crippen molar-refractivity contribution in [2.24, 2.45) is 0 Å². The largest absolute Gasteiger partial charge is 0.390 e. The molecule has 0 radical (unpaired) electrons. The van der Waals surface area contributed by atoms with Crippen LogP contribution in [0, 0.1) is 5.82 Å². The molecule has 1 fully saturated rings. The second kappa shape index (κ2) is 10.0. The van der Waals surface area contributed by atoms with Crippen molar-refractivity contribution in [2.45, 2.75) is 30.7 Å². The lowest BCUT2D eigenvalue weighted by Gasteiger charge is -2.29. The summed E-state index contributed by atoms with van der Waals surface area (Å²) in [5.41, 5.74) is 1.05. The summed E-state index contributed by atoms with van der Waals surface area (Å²) in [7, 11) is 0. The Hall–Kier alpha value is -0.820. The van der Waals surface area contributed by atoms with Crippen LogP contribution < -0.4 is 10.6 Å². The number of aliphatic hydroxyl groups excluding tert-OH is 1. The lowest BCUT2D eigenvalue weighted by molar-refractivity contribution is -0.122. The summed E-state index contributed by atoms with van der Waals surface area (Å²) in [6.07, 6.45) is 0.688. The van der Waals surface area contributed by atoms with E-state index in [1.54, 1.807) is 23.9 Å². The maximum Gasteiger partial charge on any atom is 0.221 e. The molecular weight excluding hydrogens is 327 g/mol. The molecule has 0 unspecified atom stereocenters. The van der Waals surface area contributed by atoms with Gasteiger partial charge in [-0.2, -0.15) is 11.8 Å². The Morgan fingerprint density at radius 2 is 2.14 bits per heavy atom. The Balaban J connectivity index is 0.00000242. The Labute approximate surface area is 140 Å². The molecule has 1 heterocycles. The summed E-state index contributed by atoms with van der Waals surface area (Å²) in [4.78, 5) is 11.8. The molecule has 1 aliphatic rings. The van der Waals surface area contributed by atoms with Crippen LogP contribution in [0.4, 0.5) is 4.39 Å². The molecule has 1 saturated heterocycles. The summed E-state index contributed by atoms with van der Waals surface area (Å²) >= 11 is 1.65. The number of benzene rings is 1. The van der Waals surface area contributed by atoms with Crippen molar-refractivity contribution in [2.75, 3.05) is 18.8 Å². The number of carbonyl (C=O) groups excluding carboxylic acids is 1. The topological polar surface area (TPSA) is 61.4 Å². The van der Waals surface area contributed by atoms with Crippen LogP contribution in [0.5, 0.6) is 0 Å². The third kappa shape index (κ3) is 6.52. The minimum absolute atomic E-state index is 0. The van der Waals surface area contributed by atoms with Gasteiger partial charge in [-0.15, -0.1) is 12.4 Å². The van der Waals surface area contributed by atoms with E-state index in [4.69, 9.17) is 0 Å². The normalized spacial score (nSPS) is 21.0. The minimum atomic E-state index is -0.505. The van der Waals surface area contributed by atoms with E-state index in [-0.39, 0.29) is 30.2 Å². The van der Waals surface area contributed by atoms with Gasteiger partial charge in [-0.25, -0.2) is 4.39 Å². The van der Waals surface area contributed by atoms with Crippen LogP contribution in [0.1, 0.15) is 18.4 Å². The van der Waals surface area contributed by atoms with Crippen molar-refractivity contribution in [1.29, 1.82) is 0 Å². The Kier molecular flexibility index (Phi) is 8.78. The van der Waals surface area contributed by atoms with Gasteiger partial charge in [0.05, 0.1) is 12.1 Å². The lowest BCUT2D eigenvalue weighted by Crippen LogP contribution is -2.52. The molecule has 22 heavy (non-hydrogen) atoms. The molecule has 0 aromatic heterocycles. The molecule has 1 amide bonds. The minimum Gasteiger partial charge on any atom is -0.390 e. The van der Waals surface area contributed by atoms with Gasteiger partial charge in [-0.05, 0) is 30.7 Å². The maximum atomic E-state index is 12.8. The highest BCUT2D eigenvalue weighted by atomic mass is 35.5. The number of β-amino-alcohol motifs (C(OH)–C–C–N with tert-alkyl or cyclic N) is 1. The van der Waals surface area contributed by atoms with Gasteiger partial charge in [0.15, 0.2) is 0 Å². The number of rotatable bonds is 6. The highest BCUT2D eigenvalue weighted by Gasteiger charge is 2.23. The first-order valence-electron chi connectivity index (χ1n) is 7.15. The average Bonchev–Trinajstić information content (AvgIpc) is 2.48. The molecular formula is C15H22ClFN2O2S. The SMILES string of the molecule is Cl.O=C(CCSCc1ccc(F)cc1)N[C@@H]1CCNC[C@H]1O. The molecule has 3 N–H and O–H groups in total. The predicted molar refractivity (Wildman–Crippen MR) is 89.9 cm³/mol. The molecule has 1 aromatic carbocycles. The van der Waals surface area contributed by atoms with Crippen LogP contribution in [0.2, 0.25) is 0 Å². The van der Waals surface area contributed by atoms with Gasteiger partial charge in [0.1, 0.15) is 5.82 Å². The van der Waals surface area contributed by atoms with E-state index in [2.05, 4.69) is 10.6 Å². The number of amides is 1. The molecule has 2 atom stereocenters. The number of carbonyl (C=O) groups is 1. The van der Waals surface area contributed by atoms with Gasteiger partial charge in [-0.1, -0.05) is 12.1 Å². The Bertz CT molecular complexity index is 461. The third-order valence-electron chi connectivity index (χ3n) is 3.45. The molecule has 0 saturated carbocycles. The van der Waals surface area contributed by atoms with Crippen molar-refractivity contribution in [3.8, 4) is 0 Å². The van der Waals surface area contributed by atoms with Gasteiger partial charge >= 0.3 is 0 Å². The van der Waals surface area contributed by atoms with Crippen LogP contribution >= 0.6 is 24.2 Å². The Morgan fingerprint density at radius 3 is 2.82 bits per heavy atom. The molecule has 1 aromatic rings. The van der Waals surface area contributed by atoms with Gasteiger partial charge in [0.25, 0.3) is 0 Å². The van der Waals surface area contributed by atoms with Crippen molar-refractivity contribution in [3.05, 3.63) is 35.6 Å². The lowest BCUT2D eigenvalue weighted by atomic mass is 10.0. The number of halogens is 2. The zero-order chi connectivity index (χ0) is 15.1. The first-order chi connectivity index (χ1) is 10.1. The molecule has 0 spiro atoms. The van der Waals surface area contributed by atoms with Gasteiger partial charge < -0.3 is 15.7 Å². The number of hydrogen-bond donors (Lipinski definition) is 3. The average molecular weight is 349 g/mol. The van der Waals surface area contributed by atoms with Crippen molar-refractivity contribution in [1.82, 2.24) is 10.6 Å². The monoisotopic (exact) mass is 348 g/mol. The summed E-state index contributed by atoms with van der Waals surface area (Å²) in [6.45, 7) is 1.35. The summed E-state index contributed by atoms with van der Waals surface area (Å²) in [6, 6.07) is 6.27. The number of nitrogens with one attached hydrogen (secondary N) is 2. The van der Waals surface area contributed by atoms with Crippen LogP contribution in [0.15, 0.2) is 24.3 Å². The van der Waals surface area contributed by atoms with Crippen LogP contribution in [0.3, 0.4) is 0 Å². The number of hydrogen-bond acceptors (Lipinski definition) is 4. The maximum absolute atomic E-state index is 12.8. The van der Waals surface area contributed by atoms with E-state index in [9.17, 15) is 14.3 Å². The molecule has 4 nitrogen and oxygen atoms in total. The van der Waals surface area contributed by atoms with Crippen LogP contribution in [-0.4, -0.2) is 42.0 Å². The fourth-order valence-electron chi connectivity index (χ4n) is 2.22. The molecule has 2 rings (SSSR count). The first kappa shape index (κ1) is 19.2. The molecule has 124 valence electrons. The van der Waals surface area contributed by atoms with E-state index in [1.807, 2.05) is 0 Å². The van der Waals surface area contributed by atoms with Gasteiger partial charge in [0, 0.05) is 24.5 Å². The second-order valence-corrected chi connectivity index (χ2v) is 6.27. The summed E-state index contributed by atoms with van der Waals surface area (Å²) in [5.74, 6) is 1.23. The standard InChI is InChI=1S/C15H21FN2O2S.ClH/c16-12-3-1-11(2-4-12)10-21-8-6-15(20)18-13-5-7-17-9-14(13)19;/h1-4,13-14,17,19H,5-10H2,(H,18,20);1H/t13-,14-;/m1./s1. The third-order valence-corrected chi connectivity index (χ3v) is 4.48. The van der Waals surface area contributed by atoms with E-state index in [0.717, 1.165) is 24.3 Å². The van der Waals surface area contributed by atoms with Crippen LogP contribution in [0.25, 0.3) is 0 Å². The molecule has 1 aliphatic heterocycles.